The van der Waals surface area contributed by atoms with Gasteiger partial charge in [-0.2, -0.15) is 0 Å². The van der Waals surface area contributed by atoms with Gasteiger partial charge in [-0.15, -0.1) is 0 Å². The molecule has 0 spiro atoms. The number of ether oxygens (including phenoxy) is 2. The minimum atomic E-state index is -0.961. The summed E-state index contributed by atoms with van der Waals surface area (Å²) >= 11 is 0. The molecule has 0 fully saturated rings. The van der Waals surface area contributed by atoms with Gasteiger partial charge in [0.15, 0.2) is 11.5 Å². The molecule has 7 heteroatoms. The molecule has 0 saturated carbocycles. The van der Waals surface area contributed by atoms with Crippen LogP contribution in [-0.2, 0) is 9.63 Å². The van der Waals surface area contributed by atoms with Crippen LogP contribution in [0.25, 0.3) is 0 Å². The molecule has 0 aromatic heterocycles. The highest BCUT2D eigenvalue weighted by molar-refractivity contribution is 5.78. The first-order chi connectivity index (χ1) is 9.52. The average Bonchev–Trinajstić information content (AvgIpc) is 2.84. The van der Waals surface area contributed by atoms with E-state index in [1.165, 1.54) is 5.56 Å². The Hall–Kier alpha value is -2.57. The van der Waals surface area contributed by atoms with E-state index in [1.54, 1.807) is 0 Å². The molecule has 0 saturated heterocycles. The van der Waals surface area contributed by atoms with Gasteiger partial charge in [-0.1, -0.05) is 11.2 Å². The zero-order valence-corrected chi connectivity index (χ0v) is 11.1. The van der Waals surface area contributed by atoms with Crippen molar-refractivity contribution in [2.45, 2.75) is 19.8 Å². The van der Waals surface area contributed by atoms with E-state index in [9.17, 15) is 4.79 Å². The zero-order valence-electron chi connectivity index (χ0n) is 11.1. The fourth-order valence-corrected chi connectivity index (χ4v) is 1.35. The number of hydrogen-bond donors (Lipinski definition) is 2. The van der Waals surface area contributed by atoms with E-state index < -0.39 is 5.97 Å². The second-order valence-corrected chi connectivity index (χ2v) is 3.89. The minimum absolute atomic E-state index is 0.0500. The van der Waals surface area contributed by atoms with Gasteiger partial charge in [0.1, 0.15) is 0 Å². The van der Waals surface area contributed by atoms with Crippen molar-refractivity contribution in [1.29, 1.82) is 5.41 Å². The van der Waals surface area contributed by atoms with E-state index in [4.69, 9.17) is 20.0 Å². The zero-order chi connectivity index (χ0) is 15.0. The molecule has 7 nitrogen and oxygen atoms in total. The second-order valence-electron chi connectivity index (χ2n) is 3.89. The van der Waals surface area contributed by atoms with Crippen molar-refractivity contribution in [3.63, 3.8) is 0 Å². The van der Waals surface area contributed by atoms with Crippen LogP contribution in [-0.4, -0.2) is 30.5 Å². The lowest BCUT2D eigenvalue weighted by atomic mass is 10.2. The molecule has 0 bridgehead atoms. The molecular weight excluding hydrogens is 264 g/mol. The van der Waals surface area contributed by atoms with Crippen LogP contribution >= 0.6 is 0 Å². The normalized spacial score (nSPS) is 11.1. The third-order valence-corrected chi connectivity index (χ3v) is 2.27. The lowest BCUT2D eigenvalue weighted by Gasteiger charge is -1.95. The number of nitrogens with zero attached hydrogens (tertiary/aromatic N) is 1. The molecule has 1 aliphatic rings. The Kier molecular flexibility index (Phi) is 6.02. The Morgan fingerprint density at radius 3 is 2.80 bits per heavy atom. The lowest BCUT2D eigenvalue weighted by Crippen LogP contribution is -2.02. The van der Waals surface area contributed by atoms with Crippen LogP contribution in [0.1, 0.15) is 18.4 Å². The Morgan fingerprint density at radius 1 is 1.45 bits per heavy atom. The van der Waals surface area contributed by atoms with E-state index >= 15 is 0 Å². The maximum atomic E-state index is 9.91. The first kappa shape index (κ1) is 15.5. The number of oxime groups is 1. The maximum absolute atomic E-state index is 9.91. The van der Waals surface area contributed by atoms with Gasteiger partial charge < -0.3 is 19.4 Å². The average molecular weight is 280 g/mol. The fraction of sp³-hybridized carbons (Fsp3) is 0.308. The van der Waals surface area contributed by atoms with E-state index in [0.29, 0.717) is 6.79 Å². The number of carboxylic acids is 1. The van der Waals surface area contributed by atoms with Crippen LogP contribution < -0.4 is 9.47 Å². The topological polar surface area (TPSA) is 101 Å². The predicted molar refractivity (Wildman–Crippen MR) is 72.5 cm³/mol. The van der Waals surface area contributed by atoms with Crippen LogP contribution in [0.3, 0.4) is 0 Å². The fourth-order valence-electron chi connectivity index (χ4n) is 1.35. The summed E-state index contributed by atoms with van der Waals surface area (Å²) in [5.74, 6) is 0.570. The summed E-state index contributed by atoms with van der Waals surface area (Å²) in [6.45, 7) is 5.36. The molecule has 108 valence electrons. The van der Waals surface area contributed by atoms with E-state index in [1.807, 2.05) is 25.1 Å². The Labute approximate surface area is 116 Å². The second kappa shape index (κ2) is 7.78. The Morgan fingerprint density at radius 2 is 2.15 bits per heavy atom. The molecule has 20 heavy (non-hydrogen) atoms. The predicted octanol–water partition coefficient (Wildman–Crippen LogP) is 2.18. The van der Waals surface area contributed by atoms with Crippen LogP contribution in [0.15, 0.2) is 23.4 Å². The van der Waals surface area contributed by atoms with Gasteiger partial charge in [0.2, 0.25) is 12.7 Å². The van der Waals surface area contributed by atoms with Gasteiger partial charge >= 0.3 is 5.97 Å². The summed E-state index contributed by atoms with van der Waals surface area (Å²) in [6, 6.07) is 5.91. The van der Waals surface area contributed by atoms with Crippen molar-refractivity contribution in [1.82, 2.24) is 0 Å². The minimum Gasteiger partial charge on any atom is -0.481 e. The number of rotatable bonds is 4. The molecule has 2 N–H and O–H groups in total. The highest BCUT2D eigenvalue weighted by Gasteiger charge is 2.11. The van der Waals surface area contributed by atoms with Crippen molar-refractivity contribution < 1.29 is 24.2 Å². The van der Waals surface area contributed by atoms with Gasteiger partial charge in [-0.25, -0.2) is 0 Å². The van der Waals surface area contributed by atoms with Crippen molar-refractivity contribution in [3.05, 3.63) is 23.8 Å². The van der Waals surface area contributed by atoms with Gasteiger partial charge in [0.25, 0.3) is 0 Å². The van der Waals surface area contributed by atoms with Crippen LogP contribution in [0.4, 0.5) is 0 Å². The third-order valence-electron chi connectivity index (χ3n) is 2.27. The number of fused-ring (bicyclic) bond motifs is 1. The van der Waals surface area contributed by atoms with Crippen molar-refractivity contribution in [2.75, 3.05) is 6.79 Å². The number of aliphatic carboxylic acids is 1. The largest absolute Gasteiger partial charge is 0.481 e. The summed E-state index contributed by atoms with van der Waals surface area (Å²) in [4.78, 5) is 14.1. The van der Waals surface area contributed by atoms with Gasteiger partial charge in [0, 0.05) is 13.1 Å². The SMILES string of the molecule is C=NOC(=N)CCC(=O)O.Cc1ccc2c(c1)OCO2. The summed E-state index contributed by atoms with van der Waals surface area (Å²) in [5, 5.41) is 17.9. The van der Waals surface area contributed by atoms with Gasteiger partial charge in [-0.3, -0.25) is 10.2 Å². The highest BCUT2D eigenvalue weighted by Crippen LogP contribution is 2.31. The van der Waals surface area contributed by atoms with Crippen molar-refractivity contribution in [3.8, 4) is 11.5 Å². The molecule has 1 aromatic carbocycles. The molecule has 0 aliphatic carbocycles. The molecule has 1 aromatic rings. The van der Waals surface area contributed by atoms with Crippen LogP contribution in [0.2, 0.25) is 0 Å². The number of carbonyl (C=O) groups is 1. The van der Waals surface area contributed by atoms with Crippen LogP contribution in [0, 0.1) is 12.3 Å². The molecule has 0 unspecified atom stereocenters. The van der Waals surface area contributed by atoms with Gasteiger partial charge in [0.05, 0.1) is 6.42 Å². The quantitative estimate of drug-likeness (QED) is 0.500. The Bertz CT molecular complexity index is 502. The third kappa shape index (κ3) is 5.38. The molecular formula is C13H16N2O5. The maximum Gasteiger partial charge on any atom is 0.303 e. The van der Waals surface area contributed by atoms with E-state index in [0.717, 1.165) is 11.5 Å². The number of nitrogens with one attached hydrogen (secondary N) is 1. The van der Waals surface area contributed by atoms with Crippen molar-refractivity contribution >= 4 is 18.6 Å². The molecule has 1 aliphatic heterocycles. The molecule has 0 atom stereocenters. The Balaban J connectivity index is 0.000000200. The summed E-state index contributed by atoms with van der Waals surface area (Å²) in [7, 11) is 0. The lowest BCUT2D eigenvalue weighted by molar-refractivity contribution is -0.136. The van der Waals surface area contributed by atoms with Gasteiger partial charge in [-0.05, 0) is 24.6 Å². The highest BCUT2D eigenvalue weighted by atomic mass is 16.7. The number of carboxylic acid groups (broad SMARTS) is 1. The number of hydrogen-bond acceptors (Lipinski definition) is 6. The molecule has 2 rings (SSSR count). The monoisotopic (exact) mass is 280 g/mol. The van der Waals surface area contributed by atoms with Crippen molar-refractivity contribution in [2.24, 2.45) is 5.16 Å². The van der Waals surface area contributed by atoms with E-state index in [-0.39, 0.29) is 18.7 Å². The number of benzene rings is 1. The number of aryl methyl sites for hydroxylation is 1. The standard InChI is InChI=1S/C8H8O2.C5H8N2O3/c1-6-2-3-7-8(4-6)10-5-9-7;1-7-10-4(6)2-3-5(8)9/h2-4H,5H2,1H3;6H,1-3H2,(H,8,9). The summed E-state index contributed by atoms with van der Waals surface area (Å²) in [5.41, 5.74) is 1.20. The molecule has 0 radical (unpaired) electrons. The first-order valence-electron chi connectivity index (χ1n) is 5.81. The molecule has 1 heterocycles. The smallest absolute Gasteiger partial charge is 0.303 e. The van der Waals surface area contributed by atoms with Crippen LogP contribution in [0.5, 0.6) is 11.5 Å². The molecule has 0 amide bonds. The first-order valence-corrected chi connectivity index (χ1v) is 5.81. The summed E-state index contributed by atoms with van der Waals surface area (Å²) in [6.07, 6.45) is -0.0668. The summed E-state index contributed by atoms with van der Waals surface area (Å²) < 4.78 is 10.3. The van der Waals surface area contributed by atoms with E-state index in [2.05, 4.69) is 16.7 Å².